The summed E-state index contributed by atoms with van der Waals surface area (Å²) in [6.07, 6.45) is 0. The SMILES string of the molecule is Cc1ccc(OP(=O)(Oc2ccc(OP(=O)(Cl)Oc3cccc(C)c3)cc2)Oc2cccc(C)c2)cc1. The Labute approximate surface area is 220 Å². The van der Waals surface area contributed by atoms with Gasteiger partial charge in [-0.2, -0.15) is 4.57 Å². The monoisotopic (exact) mass is 558 g/mol. The van der Waals surface area contributed by atoms with Gasteiger partial charge in [0.25, 0.3) is 0 Å². The molecule has 37 heavy (non-hydrogen) atoms. The zero-order valence-corrected chi connectivity index (χ0v) is 22.9. The Kier molecular flexibility index (Phi) is 8.19. The first kappa shape index (κ1) is 26.7. The van der Waals surface area contributed by atoms with Crippen molar-refractivity contribution < 1.29 is 31.7 Å². The molecule has 0 aliphatic rings. The van der Waals surface area contributed by atoms with Crippen LogP contribution < -0.4 is 22.6 Å². The van der Waals surface area contributed by atoms with Gasteiger partial charge in [0.05, 0.1) is 0 Å². The Hall–Kier alpha value is -3.37. The van der Waals surface area contributed by atoms with Crippen molar-refractivity contribution in [2.75, 3.05) is 0 Å². The highest BCUT2D eigenvalue weighted by Gasteiger charge is 2.33. The summed E-state index contributed by atoms with van der Waals surface area (Å²) in [4.78, 5) is 0. The standard InChI is InChI=1S/C27H25ClO7P2/c1-20-10-12-24(13-11-20)33-37(30,35-27-9-5-7-22(3)19-27)34-25-16-14-23(15-17-25)31-36(28,29)32-26-8-4-6-21(2)18-26/h4-19H,1-3H3. The molecule has 0 saturated carbocycles. The highest BCUT2D eigenvalue weighted by atomic mass is 35.7. The van der Waals surface area contributed by atoms with E-state index in [1.54, 1.807) is 48.5 Å². The summed E-state index contributed by atoms with van der Waals surface area (Å²) in [6, 6.07) is 26.8. The molecule has 0 heterocycles. The average molecular weight is 559 g/mol. The van der Waals surface area contributed by atoms with Crippen molar-refractivity contribution in [2.45, 2.75) is 20.8 Å². The maximum absolute atomic E-state index is 13.7. The summed E-state index contributed by atoms with van der Waals surface area (Å²) < 4.78 is 54.1. The van der Waals surface area contributed by atoms with Gasteiger partial charge in [-0.1, -0.05) is 42.0 Å². The summed E-state index contributed by atoms with van der Waals surface area (Å²) in [5, 5.41) is 0. The van der Waals surface area contributed by atoms with Gasteiger partial charge in [-0.3, -0.25) is 0 Å². The molecule has 0 radical (unpaired) electrons. The lowest BCUT2D eigenvalue weighted by molar-refractivity contribution is 0.298. The van der Waals surface area contributed by atoms with E-state index in [0.29, 0.717) is 17.2 Å². The van der Waals surface area contributed by atoms with Crippen LogP contribution in [0.5, 0.6) is 28.7 Å². The summed E-state index contributed by atoms with van der Waals surface area (Å²) in [5.74, 6) is 1.29. The number of phosphoric acid groups is 1. The molecule has 192 valence electrons. The van der Waals surface area contributed by atoms with E-state index in [1.165, 1.54) is 24.3 Å². The van der Waals surface area contributed by atoms with Gasteiger partial charge in [0.2, 0.25) is 0 Å². The molecule has 0 N–H and O–H groups in total. The van der Waals surface area contributed by atoms with Gasteiger partial charge in [0.15, 0.2) is 0 Å². The van der Waals surface area contributed by atoms with E-state index in [9.17, 15) is 9.13 Å². The van der Waals surface area contributed by atoms with Gasteiger partial charge >= 0.3 is 14.8 Å². The molecule has 2 atom stereocenters. The number of aryl methyl sites for hydroxylation is 3. The molecule has 7 nitrogen and oxygen atoms in total. The second-order valence-corrected chi connectivity index (χ2v) is 12.2. The maximum atomic E-state index is 13.7. The summed E-state index contributed by atoms with van der Waals surface area (Å²) in [5.41, 5.74) is 2.85. The van der Waals surface area contributed by atoms with Gasteiger partial charge in [0.1, 0.15) is 28.7 Å². The van der Waals surface area contributed by atoms with Crippen molar-refractivity contribution in [3.63, 3.8) is 0 Å². The van der Waals surface area contributed by atoms with Crippen molar-refractivity contribution in [3.8, 4) is 28.7 Å². The maximum Gasteiger partial charge on any atom is 0.647 e. The molecule has 2 unspecified atom stereocenters. The minimum Gasteiger partial charge on any atom is -0.405 e. The lowest BCUT2D eigenvalue weighted by atomic mass is 10.2. The topological polar surface area (TPSA) is 80.3 Å². The van der Waals surface area contributed by atoms with Crippen molar-refractivity contribution in [1.29, 1.82) is 0 Å². The van der Waals surface area contributed by atoms with Crippen LogP contribution in [0.15, 0.2) is 97.1 Å². The quantitative estimate of drug-likeness (QED) is 0.180. The fraction of sp³-hybridized carbons (Fsp3) is 0.111. The fourth-order valence-corrected chi connectivity index (χ4v) is 5.72. The summed E-state index contributed by atoms with van der Waals surface area (Å²) >= 11 is 6.00. The van der Waals surface area contributed by atoms with Crippen LogP contribution in [0.1, 0.15) is 16.7 Å². The molecule has 0 bridgehead atoms. The Bertz CT molecular complexity index is 1460. The molecule has 0 fully saturated rings. The number of phosphoric ester groups is 1. The normalized spacial score (nSPS) is 14.1. The minimum atomic E-state index is -4.17. The first-order valence-corrected chi connectivity index (χ1v) is 15.2. The lowest BCUT2D eigenvalue weighted by Crippen LogP contribution is -2.07. The van der Waals surface area contributed by atoms with Crippen molar-refractivity contribution in [3.05, 3.63) is 114 Å². The number of benzene rings is 4. The molecule has 10 heteroatoms. The minimum absolute atomic E-state index is 0.159. The largest absolute Gasteiger partial charge is 0.647 e. The predicted molar refractivity (Wildman–Crippen MR) is 144 cm³/mol. The van der Waals surface area contributed by atoms with E-state index in [2.05, 4.69) is 0 Å². The molecule has 0 aromatic heterocycles. The van der Waals surface area contributed by atoms with Gasteiger partial charge in [-0.05, 0) is 92.6 Å². The molecule has 4 aromatic carbocycles. The summed E-state index contributed by atoms with van der Waals surface area (Å²) in [7, 11) is -4.17. The molecule has 0 aliphatic carbocycles. The van der Waals surface area contributed by atoms with Crippen LogP contribution in [-0.2, 0) is 9.13 Å². The first-order chi connectivity index (χ1) is 17.6. The Morgan fingerprint density at radius 1 is 0.486 bits per heavy atom. The third-order valence-corrected chi connectivity index (χ3v) is 7.48. The van der Waals surface area contributed by atoms with Gasteiger partial charge < -0.3 is 22.6 Å². The molecule has 4 rings (SSSR count). The number of hydrogen-bond acceptors (Lipinski definition) is 7. The third kappa shape index (κ3) is 8.06. The van der Waals surface area contributed by atoms with E-state index in [0.717, 1.165) is 16.7 Å². The third-order valence-electron chi connectivity index (χ3n) is 4.90. The number of hydrogen-bond donors (Lipinski definition) is 0. The van der Waals surface area contributed by atoms with Gasteiger partial charge in [0, 0.05) is 11.2 Å². The smallest absolute Gasteiger partial charge is 0.405 e. The van der Waals surface area contributed by atoms with Crippen LogP contribution in [0.4, 0.5) is 0 Å². The van der Waals surface area contributed by atoms with E-state index in [1.807, 2.05) is 45.0 Å². The lowest BCUT2D eigenvalue weighted by Gasteiger charge is -2.20. The Morgan fingerprint density at radius 3 is 1.35 bits per heavy atom. The van der Waals surface area contributed by atoms with Crippen LogP contribution in [-0.4, -0.2) is 0 Å². The van der Waals surface area contributed by atoms with E-state index < -0.39 is 14.8 Å². The second-order valence-electron chi connectivity index (χ2n) is 8.25. The highest BCUT2D eigenvalue weighted by molar-refractivity contribution is 7.82. The van der Waals surface area contributed by atoms with E-state index in [-0.39, 0.29) is 11.5 Å². The molecule has 0 saturated heterocycles. The fourth-order valence-electron chi connectivity index (χ4n) is 3.22. The molecular formula is C27H25ClO7P2. The van der Waals surface area contributed by atoms with Gasteiger partial charge in [-0.15, -0.1) is 0 Å². The zero-order valence-electron chi connectivity index (χ0n) is 20.4. The molecule has 0 spiro atoms. The van der Waals surface area contributed by atoms with Crippen molar-refractivity contribution >= 4 is 26.0 Å². The van der Waals surface area contributed by atoms with E-state index in [4.69, 9.17) is 33.9 Å². The molecule has 0 amide bonds. The number of rotatable bonds is 10. The summed E-state index contributed by atoms with van der Waals surface area (Å²) in [6.45, 7) is 1.70. The Balaban J connectivity index is 1.50. The van der Waals surface area contributed by atoms with Crippen LogP contribution in [0.2, 0.25) is 0 Å². The molecule has 4 aromatic rings. The van der Waals surface area contributed by atoms with Crippen LogP contribution >= 0.6 is 26.0 Å². The van der Waals surface area contributed by atoms with Crippen LogP contribution in [0.25, 0.3) is 0 Å². The highest BCUT2D eigenvalue weighted by Crippen LogP contribution is 2.54. The van der Waals surface area contributed by atoms with Gasteiger partial charge in [-0.25, -0.2) is 4.57 Å². The number of halogens is 1. The zero-order chi connectivity index (χ0) is 26.5. The first-order valence-electron chi connectivity index (χ1n) is 11.3. The van der Waals surface area contributed by atoms with Crippen LogP contribution in [0, 0.1) is 20.8 Å². The average Bonchev–Trinajstić information content (AvgIpc) is 2.81. The molecule has 0 aliphatic heterocycles. The Morgan fingerprint density at radius 2 is 0.865 bits per heavy atom. The van der Waals surface area contributed by atoms with E-state index >= 15 is 0 Å². The predicted octanol–water partition coefficient (Wildman–Crippen LogP) is 9.06. The van der Waals surface area contributed by atoms with Crippen molar-refractivity contribution in [1.82, 2.24) is 0 Å². The van der Waals surface area contributed by atoms with Crippen molar-refractivity contribution in [2.24, 2.45) is 0 Å². The van der Waals surface area contributed by atoms with Crippen LogP contribution in [0.3, 0.4) is 0 Å². The second kappa shape index (κ2) is 11.4. The molecular weight excluding hydrogens is 534 g/mol.